The fourth-order valence-corrected chi connectivity index (χ4v) is 5.80. The zero-order valence-corrected chi connectivity index (χ0v) is 20.9. The zero-order valence-electron chi connectivity index (χ0n) is 20.1. The molecule has 0 bridgehead atoms. The fraction of sp³-hybridized carbons (Fsp3) is 0.600. The van der Waals surface area contributed by atoms with Crippen LogP contribution in [0.5, 0.6) is 5.75 Å². The summed E-state index contributed by atoms with van der Waals surface area (Å²) in [6, 6.07) is 7.70. The Kier molecular flexibility index (Phi) is 8.48. The number of ether oxygens (including phenoxy) is 2. The predicted octanol–water partition coefficient (Wildman–Crippen LogP) is 4.50. The molecule has 1 aromatic heterocycles. The van der Waals surface area contributed by atoms with E-state index in [1.807, 2.05) is 24.3 Å². The second kappa shape index (κ2) is 11.7. The molecule has 2 aromatic rings. The van der Waals surface area contributed by atoms with Crippen LogP contribution in [0.2, 0.25) is 0 Å². The van der Waals surface area contributed by atoms with Gasteiger partial charge in [-0.05, 0) is 63.3 Å². The molecule has 1 amide bonds. The van der Waals surface area contributed by atoms with Crippen LogP contribution in [0.1, 0.15) is 64.3 Å². The molecule has 9 heteroatoms. The average Bonchev–Trinajstić information content (AvgIpc) is 3.32. The molecule has 4 rings (SSSR count). The third-order valence-electron chi connectivity index (χ3n) is 6.66. The molecule has 184 valence electrons. The Labute approximate surface area is 205 Å². The molecule has 2 aliphatic rings. The number of hydrogen-bond acceptors (Lipinski definition) is 7. The lowest BCUT2D eigenvalue weighted by molar-refractivity contribution is -0.155. The topological polar surface area (TPSA) is 86.6 Å². The van der Waals surface area contributed by atoms with Gasteiger partial charge in [0.25, 0.3) is 0 Å². The van der Waals surface area contributed by atoms with Crippen LogP contribution in [-0.2, 0) is 14.3 Å². The summed E-state index contributed by atoms with van der Waals surface area (Å²) in [6.07, 6.45) is 8.29. The van der Waals surface area contributed by atoms with Crippen LogP contribution in [0.25, 0.3) is 11.4 Å². The number of esters is 1. The minimum Gasteiger partial charge on any atom is -0.497 e. The van der Waals surface area contributed by atoms with Crippen molar-refractivity contribution in [1.82, 2.24) is 19.7 Å². The monoisotopic (exact) mass is 486 g/mol. The lowest BCUT2D eigenvalue weighted by Gasteiger charge is -2.34. The lowest BCUT2D eigenvalue weighted by atomic mass is 9.95. The highest BCUT2D eigenvalue weighted by Gasteiger charge is 2.33. The Bertz CT molecular complexity index is 972. The van der Waals surface area contributed by atoms with E-state index >= 15 is 0 Å². The van der Waals surface area contributed by atoms with E-state index in [0.717, 1.165) is 48.0 Å². The highest BCUT2D eigenvalue weighted by atomic mass is 32.2. The SMILES string of the molecule is CCOC(=O)[C@@H]1CCCCN1C(=O)CSc1nnc(-c2ccc(OC)cc2)n1C1CCCCC1. The molecule has 0 unspecified atom stereocenters. The number of piperidine rings is 1. The number of benzene rings is 1. The summed E-state index contributed by atoms with van der Waals surface area (Å²) < 4.78 is 12.7. The number of methoxy groups -OCH3 is 1. The van der Waals surface area contributed by atoms with Gasteiger partial charge >= 0.3 is 5.97 Å². The number of likely N-dealkylation sites (tertiary alicyclic amines) is 1. The Morgan fingerprint density at radius 2 is 1.76 bits per heavy atom. The van der Waals surface area contributed by atoms with Crippen LogP contribution in [0.3, 0.4) is 0 Å². The van der Waals surface area contributed by atoms with Crippen molar-refractivity contribution in [3.63, 3.8) is 0 Å². The first-order chi connectivity index (χ1) is 16.6. The van der Waals surface area contributed by atoms with Crippen molar-refractivity contribution >= 4 is 23.6 Å². The molecule has 1 aromatic carbocycles. The van der Waals surface area contributed by atoms with Gasteiger partial charge in [0.2, 0.25) is 5.91 Å². The average molecular weight is 487 g/mol. The van der Waals surface area contributed by atoms with Gasteiger partial charge in [0.05, 0.1) is 19.5 Å². The fourth-order valence-electron chi connectivity index (χ4n) is 4.90. The van der Waals surface area contributed by atoms with Crippen LogP contribution < -0.4 is 4.74 Å². The number of carbonyl (C=O) groups excluding carboxylic acids is 2. The van der Waals surface area contributed by atoms with Crippen LogP contribution in [0.15, 0.2) is 29.4 Å². The van der Waals surface area contributed by atoms with E-state index in [0.29, 0.717) is 25.6 Å². The van der Waals surface area contributed by atoms with Gasteiger partial charge in [-0.15, -0.1) is 10.2 Å². The third-order valence-corrected chi connectivity index (χ3v) is 7.59. The molecular weight excluding hydrogens is 452 g/mol. The summed E-state index contributed by atoms with van der Waals surface area (Å²) in [7, 11) is 1.65. The van der Waals surface area contributed by atoms with Gasteiger partial charge < -0.3 is 14.4 Å². The molecule has 0 spiro atoms. The Morgan fingerprint density at radius 3 is 2.47 bits per heavy atom. The van der Waals surface area contributed by atoms with Gasteiger partial charge in [-0.25, -0.2) is 4.79 Å². The normalized spacial score (nSPS) is 19.1. The van der Waals surface area contributed by atoms with Gasteiger partial charge in [0.1, 0.15) is 11.8 Å². The van der Waals surface area contributed by atoms with Gasteiger partial charge in [0.15, 0.2) is 11.0 Å². The highest BCUT2D eigenvalue weighted by Crippen LogP contribution is 2.36. The molecule has 1 aliphatic heterocycles. The molecule has 8 nitrogen and oxygen atoms in total. The minimum atomic E-state index is -0.479. The number of aromatic nitrogens is 3. The Morgan fingerprint density at radius 1 is 1.03 bits per heavy atom. The first kappa shape index (κ1) is 24.6. The number of hydrogen-bond donors (Lipinski definition) is 0. The first-order valence-corrected chi connectivity index (χ1v) is 13.3. The third kappa shape index (κ3) is 5.56. The van der Waals surface area contributed by atoms with Crippen LogP contribution >= 0.6 is 11.8 Å². The smallest absolute Gasteiger partial charge is 0.328 e. The first-order valence-electron chi connectivity index (χ1n) is 12.3. The summed E-state index contributed by atoms with van der Waals surface area (Å²) in [4.78, 5) is 27.2. The summed E-state index contributed by atoms with van der Waals surface area (Å²) in [5.74, 6) is 1.50. The molecular formula is C25H34N4O4S. The molecule has 2 heterocycles. The summed E-state index contributed by atoms with van der Waals surface area (Å²) >= 11 is 1.41. The summed E-state index contributed by atoms with van der Waals surface area (Å²) in [5.41, 5.74) is 0.982. The number of amides is 1. The number of carbonyl (C=O) groups is 2. The van der Waals surface area contributed by atoms with E-state index in [2.05, 4.69) is 14.8 Å². The van der Waals surface area contributed by atoms with E-state index in [-0.39, 0.29) is 17.6 Å². The highest BCUT2D eigenvalue weighted by molar-refractivity contribution is 7.99. The van der Waals surface area contributed by atoms with Crippen molar-refractivity contribution in [2.75, 3.05) is 26.0 Å². The molecule has 2 fully saturated rings. The van der Waals surface area contributed by atoms with Crippen LogP contribution in [0, 0.1) is 0 Å². The number of nitrogens with zero attached hydrogens (tertiary/aromatic N) is 4. The van der Waals surface area contributed by atoms with Crippen LogP contribution in [-0.4, -0.2) is 63.6 Å². The molecule has 0 radical (unpaired) electrons. The van der Waals surface area contributed by atoms with Crippen molar-refractivity contribution in [1.29, 1.82) is 0 Å². The van der Waals surface area contributed by atoms with Crippen molar-refractivity contribution in [3.8, 4) is 17.1 Å². The quantitative estimate of drug-likeness (QED) is 0.401. The van der Waals surface area contributed by atoms with Gasteiger partial charge in [-0.3, -0.25) is 9.36 Å². The van der Waals surface area contributed by atoms with E-state index < -0.39 is 6.04 Å². The maximum absolute atomic E-state index is 13.2. The molecule has 1 saturated heterocycles. The molecule has 0 N–H and O–H groups in total. The second-order valence-electron chi connectivity index (χ2n) is 8.84. The molecule has 1 saturated carbocycles. The van der Waals surface area contributed by atoms with Gasteiger partial charge in [-0.2, -0.15) is 0 Å². The minimum absolute atomic E-state index is 0.0491. The predicted molar refractivity (Wildman–Crippen MR) is 131 cm³/mol. The largest absolute Gasteiger partial charge is 0.497 e. The summed E-state index contributed by atoms with van der Waals surface area (Å²) in [6.45, 7) is 2.71. The van der Waals surface area contributed by atoms with Crippen molar-refractivity contribution in [3.05, 3.63) is 24.3 Å². The van der Waals surface area contributed by atoms with Crippen molar-refractivity contribution < 1.29 is 19.1 Å². The van der Waals surface area contributed by atoms with E-state index in [1.165, 1.54) is 31.0 Å². The molecule has 1 aliphatic carbocycles. The van der Waals surface area contributed by atoms with Gasteiger partial charge in [0, 0.05) is 18.2 Å². The van der Waals surface area contributed by atoms with Gasteiger partial charge in [-0.1, -0.05) is 31.0 Å². The van der Waals surface area contributed by atoms with E-state index in [1.54, 1.807) is 18.9 Å². The molecule has 1 atom stereocenters. The Balaban J connectivity index is 1.53. The molecule has 34 heavy (non-hydrogen) atoms. The summed E-state index contributed by atoms with van der Waals surface area (Å²) in [5, 5.41) is 9.78. The number of rotatable bonds is 8. The van der Waals surface area contributed by atoms with Crippen LogP contribution in [0.4, 0.5) is 0 Å². The second-order valence-corrected chi connectivity index (χ2v) is 9.78. The lowest BCUT2D eigenvalue weighted by Crippen LogP contribution is -2.49. The Hall–Kier alpha value is -2.55. The van der Waals surface area contributed by atoms with Crippen molar-refractivity contribution in [2.45, 2.75) is 75.5 Å². The zero-order chi connectivity index (χ0) is 23.9. The maximum atomic E-state index is 13.2. The van der Waals surface area contributed by atoms with E-state index in [9.17, 15) is 9.59 Å². The number of thioether (sulfide) groups is 1. The van der Waals surface area contributed by atoms with E-state index in [4.69, 9.17) is 9.47 Å². The standard InChI is InChI=1S/C25H34N4O4S/c1-3-33-24(31)21-11-7-8-16-28(21)22(30)17-34-25-27-26-23(18-12-14-20(32-2)15-13-18)29(25)19-9-5-4-6-10-19/h12-15,19,21H,3-11,16-17H2,1-2H3/t21-/m0/s1. The maximum Gasteiger partial charge on any atom is 0.328 e. The van der Waals surface area contributed by atoms with Crippen molar-refractivity contribution in [2.24, 2.45) is 0 Å².